The summed E-state index contributed by atoms with van der Waals surface area (Å²) in [7, 11) is 3.98. The minimum atomic E-state index is -0.893. The van der Waals surface area contributed by atoms with Gasteiger partial charge in [0, 0.05) is 18.2 Å². The molecule has 1 atom stereocenters. The number of nitrogens with one attached hydrogen (secondary N) is 1. The third-order valence-electron chi connectivity index (χ3n) is 3.11. The maximum Gasteiger partial charge on any atom is 0.305 e. The second-order valence-corrected chi connectivity index (χ2v) is 5.49. The van der Waals surface area contributed by atoms with Gasteiger partial charge in [0.2, 0.25) is 0 Å². The van der Waals surface area contributed by atoms with Gasteiger partial charge in [-0.05, 0) is 38.2 Å². The fraction of sp³-hybridized carbons (Fsp3) is 0.500. The van der Waals surface area contributed by atoms with Crippen LogP contribution in [0.5, 0.6) is 0 Å². The summed E-state index contributed by atoms with van der Waals surface area (Å²) < 4.78 is 0. The van der Waals surface area contributed by atoms with Gasteiger partial charge < -0.3 is 15.3 Å². The van der Waals surface area contributed by atoms with Crippen LogP contribution in [0.25, 0.3) is 0 Å². The van der Waals surface area contributed by atoms with Crippen LogP contribution in [-0.4, -0.2) is 42.0 Å². The van der Waals surface area contributed by atoms with E-state index in [-0.39, 0.29) is 18.4 Å². The fourth-order valence-electron chi connectivity index (χ4n) is 2.18. The molecular weight excluding hydrogens is 268 g/mol. The van der Waals surface area contributed by atoms with Gasteiger partial charge in [0.25, 0.3) is 5.91 Å². The van der Waals surface area contributed by atoms with Crippen molar-refractivity contribution < 1.29 is 14.7 Å². The highest BCUT2D eigenvalue weighted by molar-refractivity contribution is 5.94. The molecule has 0 fully saturated rings. The third kappa shape index (κ3) is 6.40. The number of carbonyl (C=O) groups excluding carboxylic acids is 1. The van der Waals surface area contributed by atoms with Crippen LogP contribution >= 0.6 is 0 Å². The Bertz CT molecular complexity index is 469. The number of carboxylic acid groups (broad SMARTS) is 1. The van der Waals surface area contributed by atoms with E-state index in [4.69, 9.17) is 5.11 Å². The van der Waals surface area contributed by atoms with Crippen molar-refractivity contribution in [3.63, 3.8) is 0 Å². The molecule has 1 aromatic carbocycles. The Morgan fingerprint density at radius 3 is 2.33 bits per heavy atom. The van der Waals surface area contributed by atoms with Crippen LogP contribution in [0, 0.1) is 0 Å². The molecule has 0 aliphatic rings. The van der Waals surface area contributed by atoms with Crippen LogP contribution in [0.2, 0.25) is 0 Å². The van der Waals surface area contributed by atoms with Crippen molar-refractivity contribution in [2.24, 2.45) is 0 Å². The monoisotopic (exact) mass is 292 g/mol. The van der Waals surface area contributed by atoms with Crippen molar-refractivity contribution in [1.29, 1.82) is 0 Å². The summed E-state index contributed by atoms with van der Waals surface area (Å²) in [4.78, 5) is 25.0. The molecule has 1 amide bonds. The van der Waals surface area contributed by atoms with E-state index < -0.39 is 5.97 Å². The summed E-state index contributed by atoms with van der Waals surface area (Å²) in [6.45, 7) is 2.79. The number of benzene rings is 1. The van der Waals surface area contributed by atoms with Gasteiger partial charge >= 0.3 is 5.97 Å². The second-order valence-electron chi connectivity index (χ2n) is 5.49. The van der Waals surface area contributed by atoms with E-state index in [0.717, 1.165) is 18.5 Å². The Balaban J connectivity index is 2.66. The fourth-order valence-corrected chi connectivity index (χ4v) is 2.18. The van der Waals surface area contributed by atoms with E-state index in [9.17, 15) is 9.59 Å². The van der Waals surface area contributed by atoms with Crippen LogP contribution < -0.4 is 5.32 Å². The molecule has 0 aliphatic heterocycles. The molecule has 0 saturated carbocycles. The Morgan fingerprint density at radius 2 is 1.86 bits per heavy atom. The van der Waals surface area contributed by atoms with Crippen LogP contribution in [0.4, 0.5) is 0 Å². The Hall–Kier alpha value is -1.88. The van der Waals surface area contributed by atoms with Gasteiger partial charge in [-0.25, -0.2) is 0 Å². The molecule has 5 nitrogen and oxygen atoms in total. The van der Waals surface area contributed by atoms with Crippen molar-refractivity contribution in [3.05, 3.63) is 35.4 Å². The number of amides is 1. The zero-order valence-corrected chi connectivity index (χ0v) is 12.9. The lowest BCUT2D eigenvalue weighted by Crippen LogP contribution is -2.36. The number of nitrogens with zero attached hydrogens (tertiary/aromatic N) is 1. The molecule has 5 heteroatoms. The van der Waals surface area contributed by atoms with Crippen molar-refractivity contribution >= 4 is 11.9 Å². The number of carboxylic acids is 1. The Kier molecular flexibility index (Phi) is 6.88. The molecule has 0 bridgehead atoms. The lowest BCUT2D eigenvalue weighted by Gasteiger charge is -2.16. The smallest absolute Gasteiger partial charge is 0.305 e. The summed E-state index contributed by atoms with van der Waals surface area (Å²) in [5, 5.41) is 11.7. The molecular formula is C16H24N2O3. The highest BCUT2D eigenvalue weighted by Gasteiger charge is 2.16. The summed E-state index contributed by atoms with van der Waals surface area (Å²) >= 11 is 0. The van der Waals surface area contributed by atoms with E-state index in [0.29, 0.717) is 12.0 Å². The van der Waals surface area contributed by atoms with Crippen molar-refractivity contribution in [2.45, 2.75) is 38.8 Å². The molecule has 0 radical (unpaired) electrons. The zero-order chi connectivity index (χ0) is 15.8. The molecule has 2 N–H and O–H groups in total. The van der Waals surface area contributed by atoms with Gasteiger partial charge in [-0.15, -0.1) is 0 Å². The highest BCUT2D eigenvalue weighted by Crippen LogP contribution is 2.08. The molecule has 0 heterocycles. The average Bonchev–Trinajstić information content (AvgIpc) is 2.38. The number of hydrogen-bond donors (Lipinski definition) is 2. The summed E-state index contributed by atoms with van der Waals surface area (Å²) in [6, 6.07) is 7.07. The lowest BCUT2D eigenvalue weighted by atomic mass is 10.1. The third-order valence-corrected chi connectivity index (χ3v) is 3.11. The first-order chi connectivity index (χ1) is 9.92. The van der Waals surface area contributed by atoms with Crippen molar-refractivity contribution in [2.75, 3.05) is 14.1 Å². The van der Waals surface area contributed by atoms with Gasteiger partial charge in [0.05, 0.1) is 6.42 Å². The SMILES string of the molecule is CCCC(CC(=O)O)NC(=O)c1ccc(CN(C)C)cc1. The van der Waals surface area contributed by atoms with E-state index >= 15 is 0 Å². The maximum absolute atomic E-state index is 12.1. The molecule has 0 spiro atoms. The van der Waals surface area contributed by atoms with Crippen LogP contribution in [0.1, 0.15) is 42.1 Å². The number of carbonyl (C=O) groups is 2. The van der Waals surface area contributed by atoms with E-state index in [1.54, 1.807) is 12.1 Å². The van der Waals surface area contributed by atoms with E-state index in [2.05, 4.69) is 10.2 Å². The molecule has 21 heavy (non-hydrogen) atoms. The molecule has 116 valence electrons. The predicted molar refractivity (Wildman–Crippen MR) is 82.2 cm³/mol. The standard InChI is InChI=1S/C16H24N2O3/c1-4-5-14(10-15(19)20)17-16(21)13-8-6-12(7-9-13)11-18(2)3/h6-9,14H,4-5,10-11H2,1-3H3,(H,17,21)(H,19,20). The largest absolute Gasteiger partial charge is 0.481 e. The molecule has 1 unspecified atom stereocenters. The van der Waals surface area contributed by atoms with Crippen LogP contribution in [-0.2, 0) is 11.3 Å². The van der Waals surface area contributed by atoms with Gasteiger partial charge in [-0.3, -0.25) is 9.59 Å². The van der Waals surface area contributed by atoms with E-state index in [1.807, 2.05) is 33.2 Å². The first-order valence-electron chi connectivity index (χ1n) is 7.18. The lowest BCUT2D eigenvalue weighted by molar-refractivity contribution is -0.137. The topological polar surface area (TPSA) is 69.6 Å². The Morgan fingerprint density at radius 1 is 1.24 bits per heavy atom. The minimum Gasteiger partial charge on any atom is -0.481 e. The number of hydrogen-bond acceptors (Lipinski definition) is 3. The molecule has 0 aliphatic carbocycles. The highest BCUT2D eigenvalue weighted by atomic mass is 16.4. The van der Waals surface area contributed by atoms with Crippen LogP contribution in [0.15, 0.2) is 24.3 Å². The molecule has 1 rings (SSSR count). The van der Waals surface area contributed by atoms with Gasteiger partial charge in [0.1, 0.15) is 0 Å². The van der Waals surface area contributed by atoms with Crippen LogP contribution in [0.3, 0.4) is 0 Å². The average molecular weight is 292 g/mol. The second kappa shape index (κ2) is 8.42. The number of aliphatic carboxylic acids is 1. The quantitative estimate of drug-likeness (QED) is 0.770. The predicted octanol–water partition coefficient (Wildman–Crippen LogP) is 2.12. The van der Waals surface area contributed by atoms with Gasteiger partial charge in [0.15, 0.2) is 0 Å². The first-order valence-corrected chi connectivity index (χ1v) is 7.18. The normalized spacial score (nSPS) is 12.2. The summed E-state index contributed by atoms with van der Waals surface area (Å²) in [6.07, 6.45) is 1.45. The van der Waals surface area contributed by atoms with Gasteiger partial charge in [-0.1, -0.05) is 25.5 Å². The molecule has 0 aromatic heterocycles. The van der Waals surface area contributed by atoms with Crippen molar-refractivity contribution in [3.8, 4) is 0 Å². The Labute approximate surface area is 126 Å². The van der Waals surface area contributed by atoms with E-state index in [1.165, 1.54) is 0 Å². The molecule has 0 saturated heterocycles. The summed E-state index contributed by atoms with van der Waals surface area (Å²) in [5.74, 6) is -1.11. The maximum atomic E-state index is 12.1. The first kappa shape index (κ1) is 17.2. The minimum absolute atomic E-state index is 0.0434. The van der Waals surface area contributed by atoms with Crippen molar-refractivity contribution in [1.82, 2.24) is 10.2 Å². The summed E-state index contributed by atoms with van der Waals surface area (Å²) in [5.41, 5.74) is 1.69. The zero-order valence-electron chi connectivity index (χ0n) is 12.9. The van der Waals surface area contributed by atoms with Gasteiger partial charge in [-0.2, -0.15) is 0 Å². The number of rotatable bonds is 8. The molecule has 1 aromatic rings.